The van der Waals surface area contributed by atoms with E-state index in [0.29, 0.717) is 37.9 Å². The molecule has 1 aliphatic rings. The molecule has 6 heteroatoms. The predicted octanol–water partition coefficient (Wildman–Crippen LogP) is 7.53. The highest BCUT2D eigenvalue weighted by molar-refractivity contribution is 5.87. The third kappa shape index (κ3) is 6.47. The Bertz CT molecular complexity index is 1590. The molecule has 4 aromatic rings. The Morgan fingerprint density at radius 3 is 2.09 bits per heavy atom. The van der Waals surface area contributed by atoms with E-state index in [0.717, 1.165) is 46.3 Å². The highest BCUT2D eigenvalue weighted by Gasteiger charge is 2.48. The van der Waals surface area contributed by atoms with Gasteiger partial charge in [-0.15, -0.1) is 0 Å². The average molecular weight is 572 g/mol. The number of carbonyl (C=O) groups excluding carboxylic acids is 1. The van der Waals surface area contributed by atoms with E-state index in [9.17, 15) is 20.0 Å². The number of carboxylic acid groups (broad SMARTS) is 1. The number of rotatable bonds is 10. The molecular weight excluding hydrogens is 534 g/mol. The van der Waals surface area contributed by atoms with Crippen molar-refractivity contribution in [1.82, 2.24) is 4.90 Å². The van der Waals surface area contributed by atoms with Crippen LogP contribution < -0.4 is 4.90 Å². The summed E-state index contributed by atoms with van der Waals surface area (Å²) < 4.78 is 0. The third-order valence-electron chi connectivity index (χ3n) is 8.52. The summed E-state index contributed by atoms with van der Waals surface area (Å²) in [6, 6.07) is 36.0. The summed E-state index contributed by atoms with van der Waals surface area (Å²) in [4.78, 5) is 30.4. The van der Waals surface area contributed by atoms with Gasteiger partial charge in [-0.2, -0.15) is 5.26 Å². The Balaban J connectivity index is 1.42. The monoisotopic (exact) mass is 571 g/mol. The molecule has 0 aliphatic carbocycles. The van der Waals surface area contributed by atoms with Gasteiger partial charge in [-0.1, -0.05) is 92.2 Å². The van der Waals surface area contributed by atoms with Crippen molar-refractivity contribution in [3.8, 4) is 28.3 Å². The molecule has 1 saturated heterocycles. The Morgan fingerprint density at radius 2 is 1.49 bits per heavy atom. The maximum absolute atomic E-state index is 13.6. The van der Waals surface area contributed by atoms with Crippen molar-refractivity contribution in [1.29, 1.82) is 5.26 Å². The second kappa shape index (κ2) is 13.4. The van der Waals surface area contributed by atoms with Crippen LogP contribution in [0.15, 0.2) is 103 Å². The largest absolute Gasteiger partial charge is 0.479 e. The third-order valence-corrected chi connectivity index (χ3v) is 8.52. The van der Waals surface area contributed by atoms with Gasteiger partial charge in [-0.25, -0.2) is 4.79 Å². The molecule has 5 rings (SSSR count). The fourth-order valence-corrected chi connectivity index (χ4v) is 5.98. The lowest BCUT2D eigenvalue weighted by Crippen LogP contribution is -2.61. The van der Waals surface area contributed by atoms with Crippen molar-refractivity contribution < 1.29 is 14.7 Å². The van der Waals surface area contributed by atoms with E-state index in [2.05, 4.69) is 11.0 Å². The van der Waals surface area contributed by atoms with Crippen molar-refractivity contribution in [3.63, 3.8) is 0 Å². The molecule has 0 atom stereocenters. The molecular formula is C37H37N3O3. The molecule has 4 aromatic carbocycles. The zero-order valence-electron chi connectivity index (χ0n) is 24.6. The highest BCUT2D eigenvalue weighted by Crippen LogP contribution is 2.35. The normalized spacial score (nSPS) is 14.1. The number of anilines is 1. The number of hydrogen-bond donors (Lipinski definition) is 1. The molecule has 43 heavy (non-hydrogen) atoms. The van der Waals surface area contributed by atoms with Crippen LogP contribution in [0.1, 0.15) is 50.2 Å². The van der Waals surface area contributed by atoms with Crippen LogP contribution in [0.25, 0.3) is 22.3 Å². The van der Waals surface area contributed by atoms with Crippen molar-refractivity contribution >= 4 is 17.6 Å². The number of aliphatic carboxylic acids is 1. The van der Waals surface area contributed by atoms with Crippen LogP contribution in [0.4, 0.5) is 5.69 Å². The zero-order valence-corrected chi connectivity index (χ0v) is 24.6. The van der Waals surface area contributed by atoms with E-state index in [1.165, 1.54) is 0 Å². The fraction of sp³-hybridized carbons (Fsp3) is 0.270. The van der Waals surface area contributed by atoms with Crippen molar-refractivity contribution in [2.24, 2.45) is 0 Å². The summed E-state index contributed by atoms with van der Waals surface area (Å²) in [6.07, 6.45) is 2.61. The number of benzene rings is 4. The number of unbranched alkanes of at least 4 members (excludes halogenated alkanes) is 1. The Labute approximate surface area is 253 Å². The smallest absolute Gasteiger partial charge is 0.329 e. The quantitative estimate of drug-likeness (QED) is 0.213. The van der Waals surface area contributed by atoms with Gasteiger partial charge in [0.25, 0.3) is 0 Å². The first-order chi connectivity index (χ1) is 20.9. The van der Waals surface area contributed by atoms with Gasteiger partial charge in [0.15, 0.2) is 0 Å². The van der Waals surface area contributed by atoms with Crippen LogP contribution >= 0.6 is 0 Å². The molecule has 1 N–H and O–H groups in total. The first kappa shape index (κ1) is 29.6. The summed E-state index contributed by atoms with van der Waals surface area (Å²) in [5, 5.41) is 20.4. The number of amides is 1. The summed E-state index contributed by atoms with van der Waals surface area (Å²) in [6.45, 7) is 3.36. The Morgan fingerprint density at radius 1 is 0.860 bits per heavy atom. The van der Waals surface area contributed by atoms with Gasteiger partial charge in [-0.3, -0.25) is 4.79 Å². The molecule has 6 nitrogen and oxygen atoms in total. The van der Waals surface area contributed by atoms with Gasteiger partial charge in [0.1, 0.15) is 5.54 Å². The van der Waals surface area contributed by atoms with Crippen molar-refractivity contribution in [2.45, 2.75) is 51.1 Å². The maximum Gasteiger partial charge on any atom is 0.329 e. The highest BCUT2D eigenvalue weighted by atomic mass is 16.4. The summed E-state index contributed by atoms with van der Waals surface area (Å²) in [7, 11) is 0. The molecule has 1 amide bonds. The van der Waals surface area contributed by atoms with Gasteiger partial charge in [0.2, 0.25) is 5.91 Å². The molecule has 218 valence electrons. The molecule has 1 heterocycles. The van der Waals surface area contributed by atoms with Crippen LogP contribution in [-0.4, -0.2) is 40.5 Å². The van der Waals surface area contributed by atoms with E-state index >= 15 is 0 Å². The van der Waals surface area contributed by atoms with Gasteiger partial charge in [0.05, 0.1) is 11.6 Å². The lowest BCUT2D eigenvalue weighted by molar-refractivity contribution is -0.162. The topological polar surface area (TPSA) is 84.6 Å². The number of para-hydroxylation sites is 1. The maximum atomic E-state index is 13.6. The molecule has 0 radical (unpaired) electrons. The van der Waals surface area contributed by atoms with Gasteiger partial charge in [-0.05, 0) is 65.8 Å². The number of nitriles is 1. The number of carbonyl (C=O) groups is 2. The minimum Gasteiger partial charge on any atom is -0.479 e. The van der Waals surface area contributed by atoms with E-state index in [-0.39, 0.29) is 12.5 Å². The van der Waals surface area contributed by atoms with Gasteiger partial charge < -0.3 is 14.9 Å². The second-order valence-electron chi connectivity index (χ2n) is 11.2. The van der Waals surface area contributed by atoms with E-state index in [1.807, 2.05) is 110 Å². The average Bonchev–Trinajstić information content (AvgIpc) is 3.07. The van der Waals surface area contributed by atoms with Crippen LogP contribution in [0.5, 0.6) is 0 Å². The van der Waals surface area contributed by atoms with Crippen LogP contribution in [0.3, 0.4) is 0 Å². The standard InChI is InChI=1S/C37H37N3O3/c1-2-3-14-35(41)40(37(36(42)43)21-23-39(24-22-37)33-12-8-5-9-13-33)27-28-15-17-30(18-16-28)34-25-31(19-20-32(34)26-38)29-10-6-4-7-11-29/h4-13,15-20,25H,2-3,14,21-24,27H2,1H3,(H,42,43). The minimum atomic E-state index is -1.27. The van der Waals surface area contributed by atoms with E-state index in [4.69, 9.17) is 0 Å². The van der Waals surface area contributed by atoms with Crippen molar-refractivity contribution in [2.75, 3.05) is 18.0 Å². The van der Waals surface area contributed by atoms with E-state index in [1.54, 1.807) is 4.90 Å². The first-order valence-electron chi connectivity index (χ1n) is 15.0. The molecule has 0 bridgehead atoms. The van der Waals surface area contributed by atoms with E-state index < -0.39 is 11.5 Å². The lowest BCUT2D eigenvalue weighted by atomic mass is 9.84. The SMILES string of the molecule is CCCCC(=O)N(Cc1ccc(-c2cc(-c3ccccc3)ccc2C#N)cc1)C1(C(=O)O)CCN(c2ccccc2)CC1. The minimum absolute atomic E-state index is 0.121. The van der Waals surface area contributed by atoms with Crippen molar-refractivity contribution in [3.05, 3.63) is 114 Å². The first-order valence-corrected chi connectivity index (χ1v) is 15.0. The van der Waals surface area contributed by atoms with Crippen LogP contribution in [0, 0.1) is 11.3 Å². The molecule has 1 fully saturated rings. The molecule has 0 aromatic heterocycles. The number of nitrogens with zero attached hydrogens (tertiary/aromatic N) is 3. The lowest BCUT2D eigenvalue weighted by Gasteiger charge is -2.46. The molecule has 1 aliphatic heterocycles. The molecule has 0 unspecified atom stereocenters. The Kier molecular flexibility index (Phi) is 9.22. The summed E-state index contributed by atoms with van der Waals surface area (Å²) in [5.41, 5.74) is 5.06. The second-order valence-corrected chi connectivity index (χ2v) is 11.2. The number of hydrogen-bond acceptors (Lipinski definition) is 4. The number of carboxylic acids is 1. The van der Waals surface area contributed by atoms with Gasteiger partial charge in [0, 0.05) is 37.3 Å². The summed E-state index contributed by atoms with van der Waals surface area (Å²) in [5.74, 6) is -1.07. The Hall–Kier alpha value is -4.89. The van der Waals surface area contributed by atoms with Crippen LogP contribution in [0.2, 0.25) is 0 Å². The summed E-state index contributed by atoms with van der Waals surface area (Å²) >= 11 is 0. The number of piperidine rings is 1. The molecule has 0 saturated carbocycles. The zero-order chi connectivity index (χ0) is 30.2. The fourth-order valence-electron chi connectivity index (χ4n) is 5.98. The van der Waals surface area contributed by atoms with Gasteiger partial charge >= 0.3 is 5.97 Å². The van der Waals surface area contributed by atoms with Crippen LogP contribution in [-0.2, 0) is 16.1 Å². The molecule has 0 spiro atoms. The predicted molar refractivity (Wildman–Crippen MR) is 170 cm³/mol.